The fraction of sp³-hybridized carbons (Fsp3) is 0.296. The minimum Gasteiger partial charge on any atom is -0.468 e. The minimum absolute atomic E-state index is 0.375. The number of thiazole rings is 1. The summed E-state index contributed by atoms with van der Waals surface area (Å²) in [5.41, 5.74) is 3.44. The van der Waals surface area contributed by atoms with Crippen LogP contribution in [0, 0.1) is 6.92 Å². The molecule has 2 aromatic carbocycles. The maximum Gasteiger partial charge on any atom is 0.336 e. The van der Waals surface area contributed by atoms with E-state index in [0.29, 0.717) is 16.3 Å². The van der Waals surface area contributed by atoms with Crippen molar-refractivity contribution < 1.29 is 19.1 Å². The molecule has 4 rings (SSSR count). The van der Waals surface area contributed by atoms with Crippen molar-refractivity contribution in [1.29, 1.82) is 0 Å². The van der Waals surface area contributed by atoms with Crippen LogP contribution in [0.25, 0.3) is 11.3 Å². The smallest absolute Gasteiger partial charge is 0.336 e. The lowest BCUT2D eigenvalue weighted by Gasteiger charge is -2.47. The predicted octanol–water partition coefficient (Wildman–Crippen LogP) is 4.75. The number of methoxy groups -OCH3 is 2. The van der Waals surface area contributed by atoms with Gasteiger partial charge in [-0.25, -0.2) is 9.78 Å². The number of aromatic nitrogens is 1. The van der Waals surface area contributed by atoms with Crippen molar-refractivity contribution in [3.8, 4) is 11.3 Å². The van der Waals surface area contributed by atoms with Crippen LogP contribution >= 0.6 is 11.3 Å². The molecule has 0 saturated carbocycles. The Labute approximate surface area is 203 Å². The van der Waals surface area contributed by atoms with E-state index < -0.39 is 23.3 Å². The molecule has 3 atom stereocenters. The highest BCUT2D eigenvalue weighted by atomic mass is 32.1. The molecule has 0 spiro atoms. The Hall–Kier alpha value is -3.45. The standard InChI is InChI=1S/C27H28N2O4S/c1-16-10-9-11-19(14-16)21-15-34-24(29-21)23-22(25(30)32-4)17(2)28-18(3)27(23,26(31)33-5)20-12-7-6-8-13-20/h6-15,18,23,28H,1-5H3. The second-order valence-corrected chi connectivity index (χ2v) is 9.39. The third kappa shape index (κ3) is 3.80. The van der Waals surface area contributed by atoms with Gasteiger partial charge in [-0.15, -0.1) is 11.3 Å². The lowest BCUT2D eigenvalue weighted by Crippen LogP contribution is -2.60. The minimum atomic E-state index is -1.24. The first kappa shape index (κ1) is 23.7. The number of esters is 2. The average molecular weight is 477 g/mol. The van der Waals surface area contributed by atoms with E-state index in [4.69, 9.17) is 14.5 Å². The Bertz CT molecular complexity index is 1250. The van der Waals surface area contributed by atoms with Crippen LogP contribution in [0.4, 0.5) is 0 Å². The zero-order chi connectivity index (χ0) is 24.5. The van der Waals surface area contributed by atoms with Crippen molar-refractivity contribution in [3.05, 3.63) is 87.4 Å². The number of nitrogens with zero attached hydrogens (tertiary/aromatic N) is 1. The molecule has 1 aliphatic rings. The van der Waals surface area contributed by atoms with Gasteiger partial charge in [0.2, 0.25) is 0 Å². The van der Waals surface area contributed by atoms with E-state index in [-0.39, 0.29) is 6.04 Å². The molecule has 6 nitrogen and oxygen atoms in total. The summed E-state index contributed by atoms with van der Waals surface area (Å²) in [6.07, 6.45) is 0. The zero-order valence-electron chi connectivity index (χ0n) is 19.9. The van der Waals surface area contributed by atoms with Crippen molar-refractivity contribution in [2.24, 2.45) is 0 Å². The number of ether oxygens (including phenoxy) is 2. The molecule has 1 N–H and O–H groups in total. The van der Waals surface area contributed by atoms with Crippen LogP contribution in [0.1, 0.15) is 35.9 Å². The third-order valence-corrected chi connectivity index (χ3v) is 7.44. The molecule has 0 fully saturated rings. The Morgan fingerprint density at radius 1 is 1.03 bits per heavy atom. The fourth-order valence-electron chi connectivity index (χ4n) is 4.98. The Morgan fingerprint density at radius 3 is 2.41 bits per heavy atom. The van der Waals surface area contributed by atoms with Crippen molar-refractivity contribution in [2.45, 2.75) is 38.1 Å². The quantitative estimate of drug-likeness (QED) is 0.536. The maximum absolute atomic E-state index is 13.7. The van der Waals surface area contributed by atoms with Crippen molar-refractivity contribution in [2.75, 3.05) is 14.2 Å². The van der Waals surface area contributed by atoms with E-state index in [9.17, 15) is 9.59 Å². The molecule has 7 heteroatoms. The van der Waals surface area contributed by atoms with Gasteiger partial charge >= 0.3 is 11.9 Å². The number of carbonyl (C=O) groups is 2. The number of benzene rings is 2. The van der Waals surface area contributed by atoms with Gasteiger partial charge in [-0.1, -0.05) is 54.1 Å². The molecular formula is C27H28N2O4S. The van der Waals surface area contributed by atoms with Crippen LogP contribution in [0.5, 0.6) is 0 Å². The van der Waals surface area contributed by atoms with Gasteiger partial charge in [-0.05, 0) is 32.4 Å². The van der Waals surface area contributed by atoms with Crippen molar-refractivity contribution >= 4 is 23.3 Å². The predicted molar refractivity (Wildman–Crippen MR) is 132 cm³/mol. The zero-order valence-corrected chi connectivity index (χ0v) is 20.7. The Kier molecular flexibility index (Phi) is 6.57. The van der Waals surface area contributed by atoms with Crippen LogP contribution < -0.4 is 5.32 Å². The summed E-state index contributed by atoms with van der Waals surface area (Å²) in [6.45, 7) is 5.80. The summed E-state index contributed by atoms with van der Waals surface area (Å²) in [4.78, 5) is 31.8. The fourth-order valence-corrected chi connectivity index (χ4v) is 5.99. The van der Waals surface area contributed by atoms with Crippen LogP contribution in [-0.4, -0.2) is 37.2 Å². The van der Waals surface area contributed by atoms with Gasteiger partial charge in [0, 0.05) is 22.7 Å². The van der Waals surface area contributed by atoms with Crippen LogP contribution in [0.2, 0.25) is 0 Å². The van der Waals surface area contributed by atoms with E-state index in [1.807, 2.05) is 74.7 Å². The molecule has 3 unspecified atom stereocenters. The number of carbonyl (C=O) groups excluding carboxylic acids is 2. The van der Waals surface area contributed by atoms with Crippen molar-refractivity contribution in [1.82, 2.24) is 10.3 Å². The normalized spacial score (nSPS) is 22.1. The Balaban J connectivity index is 2.01. The summed E-state index contributed by atoms with van der Waals surface area (Å²) in [6, 6.07) is 17.2. The molecule has 0 saturated heterocycles. The monoisotopic (exact) mass is 476 g/mol. The van der Waals surface area contributed by atoms with Crippen molar-refractivity contribution in [3.63, 3.8) is 0 Å². The molecule has 0 amide bonds. The van der Waals surface area contributed by atoms with Gasteiger partial charge in [0.1, 0.15) is 10.4 Å². The van der Waals surface area contributed by atoms with Gasteiger partial charge in [0.15, 0.2) is 0 Å². The molecule has 2 heterocycles. The lowest BCUT2D eigenvalue weighted by molar-refractivity contribution is -0.150. The van der Waals surface area contributed by atoms with E-state index in [1.165, 1.54) is 25.6 Å². The second kappa shape index (κ2) is 9.43. The highest BCUT2D eigenvalue weighted by molar-refractivity contribution is 7.10. The molecule has 1 aliphatic heterocycles. The summed E-state index contributed by atoms with van der Waals surface area (Å²) >= 11 is 1.43. The first-order valence-corrected chi connectivity index (χ1v) is 11.9. The average Bonchev–Trinajstić information content (AvgIpc) is 3.33. The molecule has 0 radical (unpaired) electrons. The van der Waals surface area contributed by atoms with E-state index in [1.54, 1.807) is 0 Å². The summed E-state index contributed by atoms with van der Waals surface area (Å²) in [5.74, 6) is -1.64. The molecule has 176 valence electrons. The number of allylic oxidation sites excluding steroid dienone is 1. The second-order valence-electron chi connectivity index (χ2n) is 8.50. The van der Waals surface area contributed by atoms with Crippen LogP contribution in [-0.2, 0) is 24.5 Å². The molecule has 1 aromatic heterocycles. The number of hydrogen-bond donors (Lipinski definition) is 1. The largest absolute Gasteiger partial charge is 0.468 e. The van der Waals surface area contributed by atoms with Gasteiger partial charge in [-0.3, -0.25) is 4.79 Å². The van der Waals surface area contributed by atoms with E-state index in [0.717, 1.165) is 22.4 Å². The lowest BCUT2D eigenvalue weighted by atomic mass is 9.61. The number of nitrogens with one attached hydrogen (secondary N) is 1. The van der Waals surface area contributed by atoms with Gasteiger partial charge in [0.25, 0.3) is 0 Å². The van der Waals surface area contributed by atoms with Gasteiger partial charge in [0.05, 0.1) is 31.4 Å². The molecule has 0 aliphatic carbocycles. The summed E-state index contributed by atoms with van der Waals surface area (Å²) in [7, 11) is 2.72. The first-order chi connectivity index (χ1) is 16.3. The molecular weight excluding hydrogens is 448 g/mol. The van der Waals surface area contributed by atoms with E-state index >= 15 is 0 Å². The van der Waals surface area contributed by atoms with Gasteiger partial charge < -0.3 is 14.8 Å². The SMILES string of the molecule is COC(=O)C1=C(C)NC(C)C(C(=O)OC)(c2ccccc2)C1c1nc(-c2cccc(C)c2)cs1. The van der Waals surface area contributed by atoms with E-state index in [2.05, 4.69) is 11.4 Å². The third-order valence-electron chi connectivity index (χ3n) is 6.53. The molecule has 0 bridgehead atoms. The number of hydrogen-bond acceptors (Lipinski definition) is 7. The number of rotatable bonds is 5. The topological polar surface area (TPSA) is 77.5 Å². The molecule has 3 aromatic rings. The molecule has 34 heavy (non-hydrogen) atoms. The highest BCUT2D eigenvalue weighted by Gasteiger charge is 2.59. The van der Waals surface area contributed by atoms with Crippen LogP contribution in [0.15, 0.2) is 71.2 Å². The van der Waals surface area contributed by atoms with Gasteiger partial charge in [-0.2, -0.15) is 0 Å². The Morgan fingerprint density at radius 2 is 1.76 bits per heavy atom. The summed E-state index contributed by atoms with van der Waals surface area (Å²) in [5, 5.41) is 5.97. The van der Waals surface area contributed by atoms with Crippen LogP contribution in [0.3, 0.4) is 0 Å². The number of aryl methyl sites for hydroxylation is 1. The maximum atomic E-state index is 13.7. The first-order valence-electron chi connectivity index (χ1n) is 11.1. The highest BCUT2D eigenvalue weighted by Crippen LogP contribution is 2.51. The summed E-state index contributed by atoms with van der Waals surface area (Å²) < 4.78 is 10.6.